The van der Waals surface area contributed by atoms with Crippen LogP contribution in [0.5, 0.6) is 0 Å². The number of aromatic nitrogens is 1. The maximum absolute atomic E-state index is 13.2. The minimum atomic E-state index is -1.27. The fourth-order valence-electron chi connectivity index (χ4n) is 1.38. The summed E-state index contributed by atoms with van der Waals surface area (Å²) in [5.41, 5.74) is -0.146. The molecule has 1 N–H and O–H groups in total. The maximum Gasteiger partial charge on any atom is 0.175 e. The van der Waals surface area contributed by atoms with Crippen LogP contribution in [0.15, 0.2) is 12.1 Å². The number of Topliss-reactive ketones (excluding diaryl/α,β-unsaturated/α-hetero) is 1. The van der Waals surface area contributed by atoms with Crippen LogP contribution < -0.4 is 0 Å². The van der Waals surface area contributed by atoms with Crippen LogP contribution in [0.3, 0.4) is 0 Å². The summed E-state index contributed by atoms with van der Waals surface area (Å²) in [6.45, 7) is 1.25. The van der Waals surface area contributed by atoms with Gasteiger partial charge in [-0.25, -0.2) is 13.2 Å². The van der Waals surface area contributed by atoms with Gasteiger partial charge in [0.2, 0.25) is 0 Å². The second kappa shape index (κ2) is 3.12. The lowest BCUT2D eigenvalue weighted by Crippen LogP contribution is -1.90. The van der Waals surface area contributed by atoms with E-state index in [0.29, 0.717) is 6.07 Å². The Morgan fingerprint density at radius 2 is 1.87 bits per heavy atom. The Morgan fingerprint density at radius 1 is 1.20 bits per heavy atom. The standard InChI is InChI=1S/C10H6F3NO/c1-4(15)8-2-5-9(13)6(11)3-7(12)10(5)14-8/h2-3,14H,1H3. The SMILES string of the molecule is CC(=O)c1cc2c(F)c(F)cc(F)c2[nH]1. The Bertz CT molecular complexity index is 559. The minimum Gasteiger partial charge on any atom is -0.350 e. The van der Waals surface area contributed by atoms with Gasteiger partial charge in [-0.05, 0) is 6.07 Å². The van der Waals surface area contributed by atoms with Crippen LogP contribution >= 0.6 is 0 Å². The molecule has 0 aliphatic carbocycles. The van der Waals surface area contributed by atoms with Gasteiger partial charge in [0.15, 0.2) is 17.4 Å². The summed E-state index contributed by atoms with van der Waals surface area (Å²) in [5, 5.41) is -0.252. The number of halogens is 3. The van der Waals surface area contributed by atoms with E-state index in [1.165, 1.54) is 6.92 Å². The molecule has 0 aliphatic rings. The minimum absolute atomic E-state index is 0.0494. The van der Waals surface area contributed by atoms with Crippen molar-refractivity contribution >= 4 is 16.7 Å². The number of carbonyl (C=O) groups is 1. The summed E-state index contributed by atoms with van der Waals surface area (Å²) < 4.78 is 39.1. The third-order valence-corrected chi connectivity index (χ3v) is 2.14. The van der Waals surface area contributed by atoms with Gasteiger partial charge in [0.1, 0.15) is 5.82 Å². The molecular weight excluding hydrogens is 207 g/mol. The Labute approximate surface area is 82.7 Å². The smallest absolute Gasteiger partial charge is 0.175 e. The highest BCUT2D eigenvalue weighted by atomic mass is 19.2. The molecule has 2 rings (SSSR count). The van der Waals surface area contributed by atoms with Gasteiger partial charge in [-0.1, -0.05) is 0 Å². The molecule has 0 unspecified atom stereocenters. The number of hydrogen-bond acceptors (Lipinski definition) is 1. The van der Waals surface area contributed by atoms with Crippen LogP contribution in [0.1, 0.15) is 17.4 Å². The molecule has 0 saturated carbocycles. The van der Waals surface area contributed by atoms with Crippen LogP contribution in [0.25, 0.3) is 10.9 Å². The molecule has 5 heteroatoms. The van der Waals surface area contributed by atoms with Crippen molar-refractivity contribution in [1.82, 2.24) is 4.98 Å². The fourth-order valence-corrected chi connectivity index (χ4v) is 1.38. The second-order valence-electron chi connectivity index (χ2n) is 3.18. The molecule has 2 aromatic rings. The van der Waals surface area contributed by atoms with Crippen molar-refractivity contribution in [3.05, 3.63) is 35.3 Å². The van der Waals surface area contributed by atoms with E-state index in [4.69, 9.17) is 0 Å². The average Bonchev–Trinajstić information content (AvgIpc) is 2.59. The molecule has 0 aliphatic heterocycles. The van der Waals surface area contributed by atoms with Gasteiger partial charge in [0, 0.05) is 18.4 Å². The Hall–Kier alpha value is -1.78. The molecule has 78 valence electrons. The van der Waals surface area contributed by atoms with Crippen LogP contribution in [0.4, 0.5) is 13.2 Å². The van der Waals surface area contributed by atoms with Crippen LogP contribution in [0, 0.1) is 17.5 Å². The summed E-state index contributed by atoms with van der Waals surface area (Å²) >= 11 is 0. The van der Waals surface area contributed by atoms with Gasteiger partial charge in [0.05, 0.1) is 11.2 Å². The highest BCUT2D eigenvalue weighted by Crippen LogP contribution is 2.24. The molecule has 0 fully saturated rings. The molecule has 0 atom stereocenters. The zero-order chi connectivity index (χ0) is 11.2. The van der Waals surface area contributed by atoms with Crippen molar-refractivity contribution in [3.8, 4) is 0 Å². The third-order valence-electron chi connectivity index (χ3n) is 2.14. The zero-order valence-corrected chi connectivity index (χ0v) is 7.70. The number of fused-ring (bicyclic) bond motifs is 1. The second-order valence-corrected chi connectivity index (χ2v) is 3.18. The maximum atomic E-state index is 13.2. The predicted molar refractivity (Wildman–Crippen MR) is 48.2 cm³/mol. The first-order valence-electron chi connectivity index (χ1n) is 4.18. The summed E-state index contributed by atoms with van der Waals surface area (Å²) in [4.78, 5) is 13.4. The number of benzene rings is 1. The number of nitrogens with one attached hydrogen (secondary N) is 1. The Kier molecular flexibility index (Phi) is 2.03. The summed E-state index contributed by atoms with van der Waals surface area (Å²) in [7, 11) is 0. The van der Waals surface area contributed by atoms with E-state index in [-0.39, 0.29) is 22.4 Å². The number of aromatic amines is 1. The van der Waals surface area contributed by atoms with E-state index in [1.807, 2.05) is 0 Å². The summed E-state index contributed by atoms with van der Waals surface area (Å²) in [6.07, 6.45) is 0. The molecular formula is C10H6F3NO. The van der Waals surface area contributed by atoms with E-state index in [0.717, 1.165) is 6.07 Å². The normalized spacial score (nSPS) is 10.9. The topological polar surface area (TPSA) is 32.9 Å². The van der Waals surface area contributed by atoms with Crippen molar-refractivity contribution in [3.63, 3.8) is 0 Å². The highest BCUT2D eigenvalue weighted by molar-refractivity contribution is 5.98. The first kappa shape index (κ1) is 9.76. The monoisotopic (exact) mass is 213 g/mol. The Balaban J connectivity index is 2.85. The highest BCUT2D eigenvalue weighted by Gasteiger charge is 2.16. The van der Waals surface area contributed by atoms with Gasteiger partial charge in [0.25, 0.3) is 0 Å². The predicted octanol–water partition coefficient (Wildman–Crippen LogP) is 2.79. The van der Waals surface area contributed by atoms with Crippen molar-refractivity contribution in [2.24, 2.45) is 0 Å². The molecule has 1 aromatic heterocycles. The lowest BCUT2D eigenvalue weighted by atomic mass is 10.2. The Morgan fingerprint density at radius 3 is 2.47 bits per heavy atom. The van der Waals surface area contributed by atoms with Gasteiger partial charge < -0.3 is 4.98 Å². The molecule has 2 nitrogen and oxygen atoms in total. The van der Waals surface area contributed by atoms with Crippen molar-refractivity contribution in [2.45, 2.75) is 6.92 Å². The molecule has 0 bridgehead atoms. The first-order chi connectivity index (χ1) is 7.00. The van der Waals surface area contributed by atoms with Crippen molar-refractivity contribution in [1.29, 1.82) is 0 Å². The number of rotatable bonds is 1. The lowest BCUT2D eigenvalue weighted by Gasteiger charge is -1.95. The van der Waals surface area contributed by atoms with E-state index >= 15 is 0 Å². The zero-order valence-electron chi connectivity index (χ0n) is 7.70. The van der Waals surface area contributed by atoms with E-state index in [9.17, 15) is 18.0 Å². The van der Waals surface area contributed by atoms with E-state index in [1.54, 1.807) is 0 Å². The molecule has 0 radical (unpaired) electrons. The number of carbonyl (C=O) groups excluding carboxylic acids is 1. The van der Waals surface area contributed by atoms with Crippen molar-refractivity contribution < 1.29 is 18.0 Å². The molecule has 1 aromatic carbocycles. The number of hydrogen-bond donors (Lipinski definition) is 1. The number of ketones is 1. The summed E-state index contributed by atoms with van der Waals surface area (Å²) in [5.74, 6) is -3.72. The molecule has 1 heterocycles. The average molecular weight is 213 g/mol. The van der Waals surface area contributed by atoms with E-state index < -0.39 is 17.5 Å². The van der Waals surface area contributed by atoms with Crippen LogP contribution in [-0.4, -0.2) is 10.8 Å². The molecule has 0 amide bonds. The number of H-pyrrole nitrogens is 1. The van der Waals surface area contributed by atoms with E-state index in [2.05, 4.69) is 4.98 Å². The summed E-state index contributed by atoms with van der Waals surface area (Å²) in [6, 6.07) is 1.54. The quantitative estimate of drug-likeness (QED) is 0.573. The van der Waals surface area contributed by atoms with Gasteiger partial charge >= 0.3 is 0 Å². The first-order valence-corrected chi connectivity index (χ1v) is 4.18. The van der Waals surface area contributed by atoms with Crippen LogP contribution in [-0.2, 0) is 0 Å². The largest absolute Gasteiger partial charge is 0.350 e. The molecule has 0 spiro atoms. The lowest BCUT2D eigenvalue weighted by molar-refractivity contribution is 0.101. The third kappa shape index (κ3) is 1.40. The van der Waals surface area contributed by atoms with Gasteiger partial charge in [-0.15, -0.1) is 0 Å². The van der Waals surface area contributed by atoms with Crippen LogP contribution in [0.2, 0.25) is 0 Å². The van der Waals surface area contributed by atoms with Gasteiger partial charge in [-0.2, -0.15) is 0 Å². The van der Waals surface area contributed by atoms with Crippen molar-refractivity contribution in [2.75, 3.05) is 0 Å². The van der Waals surface area contributed by atoms with Gasteiger partial charge in [-0.3, -0.25) is 4.79 Å². The fraction of sp³-hybridized carbons (Fsp3) is 0.100. The molecule has 15 heavy (non-hydrogen) atoms. The molecule has 0 saturated heterocycles.